The number of allylic oxidation sites excluding steroid dienone is 1. The molecule has 0 radical (unpaired) electrons. The molecule has 0 amide bonds. The second-order valence-electron chi connectivity index (χ2n) is 6.66. The molecule has 0 aliphatic carbocycles. The van der Waals surface area contributed by atoms with Crippen LogP contribution in [-0.2, 0) is 6.61 Å². The fourth-order valence-corrected chi connectivity index (χ4v) is 3.92. The molecular formula is C24H18ClIN2O4. The van der Waals surface area contributed by atoms with E-state index in [1.807, 2.05) is 25.1 Å². The fraction of sp³-hybridized carbons (Fsp3) is 0.125. The Morgan fingerprint density at radius 1 is 1.19 bits per heavy atom. The molecule has 0 atom stereocenters. The summed E-state index contributed by atoms with van der Waals surface area (Å²) in [6.45, 7) is 2.55. The number of nitrogens with zero attached hydrogens (tertiary/aromatic N) is 2. The summed E-state index contributed by atoms with van der Waals surface area (Å²) in [5.41, 5.74) is 2.82. The molecule has 0 N–H and O–H groups in total. The zero-order chi connectivity index (χ0) is 23.1. The molecule has 0 spiro atoms. The molecule has 0 aliphatic rings. The van der Waals surface area contributed by atoms with E-state index in [2.05, 4.69) is 28.7 Å². The van der Waals surface area contributed by atoms with Crippen LogP contribution in [0, 0.1) is 25.0 Å². The van der Waals surface area contributed by atoms with Crippen molar-refractivity contribution in [2.45, 2.75) is 13.5 Å². The van der Waals surface area contributed by atoms with Crippen molar-refractivity contribution in [2.24, 2.45) is 0 Å². The summed E-state index contributed by atoms with van der Waals surface area (Å²) >= 11 is 8.22. The van der Waals surface area contributed by atoms with Crippen molar-refractivity contribution in [3.05, 3.63) is 96.1 Å². The standard InChI is InChI=1S/C24H18ClIN2O4/c1-2-31-23-12-17(10-19(14-27)18-4-3-5-20(25)13-18)11-22(26)24(23)32-15-16-6-8-21(9-7-16)28(29)30/h3-13H,2,15H2,1H3/b19-10-. The lowest BCUT2D eigenvalue weighted by Gasteiger charge is -2.15. The number of nitro groups is 1. The van der Waals surface area contributed by atoms with Gasteiger partial charge in [0, 0.05) is 17.2 Å². The molecule has 0 bridgehead atoms. The number of halogens is 2. The Hall–Kier alpha value is -3.09. The smallest absolute Gasteiger partial charge is 0.269 e. The number of hydrogen-bond donors (Lipinski definition) is 0. The van der Waals surface area contributed by atoms with Crippen LogP contribution < -0.4 is 9.47 Å². The molecule has 8 heteroatoms. The van der Waals surface area contributed by atoms with Gasteiger partial charge in [-0.25, -0.2) is 0 Å². The third kappa shape index (κ3) is 5.99. The summed E-state index contributed by atoms with van der Waals surface area (Å²) < 4.78 is 12.6. The Kier molecular flexibility index (Phi) is 8.09. The lowest BCUT2D eigenvalue weighted by molar-refractivity contribution is -0.384. The van der Waals surface area contributed by atoms with E-state index in [4.69, 9.17) is 21.1 Å². The minimum Gasteiger partial charge on any atom is -0.490 e. The van der Waals surface area contributed by atoms with Crippen molar-refractivity contribution in [1.82, 2.24) is 0 Å². The van der Waals surface area contributed by atoms with Gasteiger partial charge in [-0.15, -0.1) is 0 Å². The molecule has 3 aromatic rings. The van der Waals surface area contributed by atoms with Crippen LogP contribution in [-0.4, -0.2) is 11.5 Å². The monoisotopic (exact) mass is 560 g/mol. The van der Waals surface area contributed by atoms with E-state index in [-0.39, 0.29) is 12.3 Å². The fourth-order valence-electron chi connectivity index (χ4n) is 2.95. The van der Waals surface area contributed by atoms with Crippen LogP contribution in [0.1, 0.15) is 23.6 Å². The van der Waals surface area contributed by atoms with Gasteiger partial charge in [0.15, 0.2) is 11.5 Å². The lowest BCUT2D eigenvalue weighted by Crippen LogP contribution is -2.02. The molecule has 0 heterocycles. The van der Waals surface area contributed by atoms with E-state index in [0.717, 1.165) is 20.3 Å². The van der Waals surface area contributed by atoms with Gasteiger partial charge < -0.3 is 9.47 Å². The maximum absolute atomic E-state index is 10.8. The first kappa shape index (κ1) is 23.6. The van der Waals surface area contributed by atoms with Gasteiger partial charge in [-0.2, -0.15) is 5.26 Å². The molecule has 0 saturated carbocycles. The average Bonchev–Trinajstić information content (AvgIpc) is 2.77. The first-order valence-electron chi connectivity index (χ1n) is 9.61. The Bertz CT molecular complexity index is 1200. The van der Waals surface area contributed by atoms with Gasteiger partial charge in [0.1, 0.15) is 6.61 Å². The molecule has 0 fully saturated rings. The van der Waals surface area contributed by atoms with Gasteiger partial charge in [0.25, 0.3) is 5.69 Å². The highest BCUT2D eigenvalue weighted by Gasteiger charge is 2.13. The Morgan fingerprint density at radius 2 is 1.94 bits per heavy atom. The van der Waals surface area contributed by atoms with Crippen LogP contribution in [0.15, 0.2) is 60.7 Å². The van der Waals surface area contributed by atoms with E-state index in [9.17, 15) is 15.4 Å². The molecule has 0 saturated heterocycles. The Morgan fingerprint density at radius 3 is 2.56 bits per heavy atom. The van der Waals surface area contributed by atoms with Crippen LogP contribution in [0.3, 0.4) is 0 Å². The average molecular weight is 561 g/mol. The van der Waals surface area contributed by atoms with Crippen molar-refractivity contribution in [2.75, 3.05) is 6.61 Å². The van der Waals surface area contributed by atoms with Crippen LogP contribution in [0.5, 0.6) is 11.5 Å². The predicted octanol–water partition coefficient (Wildman–Crippen LogP) is 6.89. The molecule has 0 aromatic heterocycles. The number of nitro benzene ring substituents is 1. The maximum atomic E-state index is 10.8. The second-order valence-corrected chi connectivity index (χ2v) is 8.25. The van der Waals surface area contributed by atoms with E-state index in [1.54, 1.807) is 36.4 Å². The number of benzene rings is 3. The van der Waals surface area contributed by atoms with E-state index in [1.165, 1.54) is 12.1 Å². The first-order valence-corrected chi connectivity index (χ1v) is 11.1. The zero-order valence-corrected chi connectivity index (χ0v) is 20.0. The third-order valence-electron chi connectivity index (χ3n) is 4.43. The minimum atomic E-state index is -0.439. The largest absolute Gasteiger partial charge is 0.490 e. The molecule has 3 aromatic carbocycles. The minimum absolute atomic E-state index is 0.0301. The third-order valence-corrected chi connectivity index (χ3v) is 5.47. The van der Waals surface area contributed by atoms with Gasteiger partial charge in [0.05, 0.1) is 26.7 Å². The molecule has 0 aliphatic heterocycles. The van der Waals surface area contributed by atoms with Crippen LogP contribution >= 0.6 is 34.2 Å². The molecule has 0 unspecified atom stereocenters. The van der Waals surface area contributed by atoms with Gasteiger partial charge in [0.2, 0.25) is 0 Å². The second kappa shape index (κ2) is 11.0. The summed E-state index contributed by atoms with van der Waals surface area (Å²) in [5, 5.41) is 21.0. The SMILES string of the molecule is CCOc1cc(/C=C(/C#N)c2cccc(Cl)c2)cc(I)c1OCc1ccc([N+](=O)[O-])cc1. The van der Waals surface area contributed by atoms with Crippen molar-refractivity contribution >= 4 is 51.5 Å². The number of hydrogen-bond acceptors (Lipinski definition) is 5. The summed E-state index contributed by atoms with van der Waals surface area (Å²) in [6.07, 6.45) is 1.77. The summed E-state index contributed by atoms with van der Waals surface area (Å²) in [4.78, 5) is 10.4. The molecule has 162 valence electrons. The quantitative estimate of drug-likeness (QED) is 0.0984. The normalized spacial score (nSPS) is 11.0. The Labute approximate surface area is 204 Å². The van der Waals surface area contributed by atoms with Gasteiger partial charge in [-0.1, -0.05) is 23.7 Å². The van der Waals surface area contributed by atoms with Gasteiger partial charge >= 0.3 is 0 Å². The van der Waals surface area contributed by atoms with E-state index < -0.39 is 4.92 Å². The summed E-state index contributed by atoms with van der Waals surface area (Å²) in [6, 6.07) is 19.3. The van der Waals surface area contributed by atoms with Crippen LogP contribution in [0.2, 0.25) is 5.02 Å². The summed E-state index contributed by atoms with van der Waals surface area (Å²) in [7, 11) is 0. The predicted molar refractivity (Wildman–Crippen MR) is 133 cm³/mol. The number of ether oxygens (including phenoxy) is 2. The molecular weight excluding hydrogens is 543 g/mol. The molecule has 6 nitrogen and oxygen atoms in total. The molecule has 32 heavy (non-hydrogen) atoms. The highest BCUT2D eigenvalue weighted by atomic mass is 127. The zero-order valence-electron chi connectivity index (χ0n) is 17.0. The highest BCUT2D eigenvalue weighted by Crippen LogP contribution is 2.36. The summed E-state index contributed by atoms with van der Waals surface area (Å²) in [5.74, 6) is 1.13. The maximum Gasteiger partial charge on any atom is 0.269 e. The van der Waals surface area contributed by atoms with Crippen molar-refractivity contribution in [3.8, 4) is 17.6 Å². The number of rotatable bonds is 8. The number of nitriles is 1. The van der Waals surface area contributed by atoms with E-state index >= 15 is 0 Å². The van der Waals surface area contributed by atoms with E-state index in [0.29, 0.717) is 28.7 Å². The van der Waals surface area contributed by atoms with Gasteiger partial charge in [-0.05, 0) is 88.7 Å². The Balaban J connectivity index is 1.88. The van der Waals surface area contributed by atoms with Crippen molar-refractivity contribution in [3.63, 3.8) is 0 Å². The first-order chi connectivity index (χ1) is 15.4. The lowest BCUT2D eigenvalue weighted by atomic mass is 10.0. The topological polar surface area (TPSA) is 85.4 Å². The van der Waals surface area contributed by atoms with Crippen LogP contribution in [0.25, 0.3) is 11.6 Å². The number of non-ortho nitro benzene ring substituents is 1. The van der Waals surface area contributed by atoms with Gasteiger partial charge in [-0.3, -0.25) is 10.1 Å². The van der Waals surface area contributed by atoms with Crippen LogP contribution in [0.4, 0.5) is 5.69 Å². The van der Waals surface area contributed by atoms with Crippen molar-refractivity contribution in [1.29, 1.82) is 5.26 Å². The molecule has 3 rings (SSSR count). The van der Waals surface area contributed by atoms with Crippen molar-refractivity contribution < 1.29 is 14.4 Å². The highest BCUT2D eigenvalue weighted by molar-refractivity contribution is 14.1.